The molecule has 19 heavy (non-hydrogen) atoms. The molecule has 100 valence electrons. The Labute approximate surface area is 108 Å². The molecule has 0 aliphatic heterocycles. The fourth-order valence-corrected chi connectivity index (χ4v) is 1.90. The first-order valence-corrected chi connectivity index (χ1v) is 5.53. The summed E-state index contributed by atoms with van der Waals surface area (Å²) in [6.07, 6.45) is 0.141. The van der Waals surface area contributed by atoms with Crippen LogP contribution in [0.1, 0.15) is 26.8 Å². The van der Waals surface area contributed by atoms with E-state index in [-0.39, 0.29) is 24.4 Å². The minimum absolute atomic E-state index is 0.141. The van der Waals surface area contributed by atoms with Gasteiger partial charge in [0, 0.05) is 6.42 Å². The molecule has 0 fully saturated rings. The van der Waals surface area contributed by atoms with Crippen LogP contribution in [-0.2, 0) is 11.2 Å². The summed E-state index contributed by atoms with van der Waals surface area (Å²) in [4.78, 5) is 26.8. The van der Waals surface area contributed by atoms with Crippen molar-refractivity contribution >= 4 is 17.5 Å². The van der Waals surface area contributed by atoms with Gasteiger partial charge in [0.15, 0.2) is 5.69 Å². The van der Waals surface area contributed by atoms with E-state index in [1.807, 2.05) is 0 Å². The topological polar surface area (TPSA) is 101 Å². The molecular formula is C12H12N2O5. The van der Waals surface area contributed by atoms with E-state index in [9.17, 15) is 9.59 Å². The van der Waals surface area contributed by atoms with Crippen LogP contribution >= 0.6 is 0 Å². The summed E-state index contributed by atoms with van der Waals surface area (Å²) in [5.41, 5.74) is 0.302. The molecular weight excluding hydrogens is 252 g/mol. The minimum Gasteiger partial charge on any atom is -0.476 e. The number of aromatic nitrogens is 2. The van der Waals surface area contributed by atoms with Gasteiger partial charge >= 0.3 is 11.9 Å². The average molecular weight is 264 g/mol. The number of imidazole rings is 1. The first-order chi connectivity index (χ1) is 9.10. The van der Waals surface area contributed by atoms with Crippen molar-refractivity contribution in [2.24, 2.45) is 0 Å². The number of carbonyl (C=O) groups is 2. The Kier molecular flexibility index (Phi) is 3.48. The summed E-state index contributed by atoms with van der Waals surface area (Å²) in [5, 5.41) is 18.1. The van der Waals surface area contributed by atoms with Gasteiger partial charge in [0.1, 0.15) is 11.5 Å². The van der Waals surface area contributed by atoms with Crippen molar-refractivity contribution in [2.75, 3.05) is 13.7 Å². The van der Waals surface area contributed by atoms with Crippen LogP contribution in [-0.4, -0.2) is 45.3 Å². The Morgan fingerprint density at radius 1 is 1.42 bits per heavy atom. The second kappa shape index (κ2) is 5.07. The van der Waals surface area contributed by atoms with Crippen molar-refractivity contribution in [3.63, 3.8) is 0 Å². The van der Waals surface area contributed by atoms with Gasteiger partial charge < -0.3 is 14.9 Å². The van der Waals surface area contributed by atoms with Crippen molar-refractivity contribution in [1.82, 2.24) is 9.38 Å². The predicted octanol–water partition coefficient (Wildman–Crippen LogP) is 0.354. The maximum absolute atomic E-state index is 11.7. The molecule has 0 spiro atoms. The standard InChI is InChI=1S/C12H12N2O5/c1-19-12(18)8-4-2-3-7-10(11(16)17)13-9(5-6-15)14(7)8/h2-4,15H,5-6H2,1H3,(H,16,17). The molecule has 7 nitrogen and oxygen atoms in total. The predicted molar refractivity (Wildman–Crippen MR) is 64.3 cm³/mol. The summed E-state index contributed by atoms with van der Waals surface area (Å²) < 4.78 is 6.04. The Balaban J connectivity index is 2.78. The average Bonchev–Trinajstić information content (AvgIpc) is 2.77. The summed E-state index contributed by atoms with van der Waals surface area (Å²) in [5.74, 6) is -1.49. The number of hydrogen-bond acceptors (Lipinski definition) is 5. The normalized spacial score (nSPS) is 10.6. The number of rotatable bonds is 4. The minimum atomic E-state index is -1.19. The SMILES string of the molecule is COC(=O)c1cccc2c(C(=O)O)nc(CCO)n12. The monoisotopic (exact) mass is 264 g/mol. The first-order valence-electron chi connectivity index (χ1n) is 5.53. The van der Waals surface area contributed by atoms with Gasteiger partial charge in [0.2, 0.25) is 0 Å². The number of carbonyl (C=O) groups excluding carboxylic acids is 1. The quantitative estimate of drug-likeness (QED) is 0.773. The molecule has 2 aromatic heterocycles. The second-order valence-electron chi connectivity index (χ2n) is 3.78. The highest BCUT2D eigenvalue weighted by atomic mass is 16.5. The van der Waals surface area contributed by atoms with E-state index in [0.29, 0.717) is 11.3 Å². The van der Waals surface area contributed by atoms with Gasteiger partial charge in [-0.2, -0.15) is 0 Å². The molecule has 0 amide bonds. The number of aliphatic hydroxyl groups is 1. The number of pyridine rings is 1. The zero-order valence-electron chi connectivity index (χ0n) is 10.2. The van der Waals surface area contributed by atoms with Gasteiger partial charge in [0.05, 0.1) is 19.2 Å². The number of nitrogens with zero attached hydrogens (tertiary/aromatic N) is 2. The van der Waals surface area contributed by atoms with Gasteiger partial charge in [0.25, 0.3) is 0 Å². The fraction of sp³-hybridized carbons (Fsp3) is 0.250. The summed E-state index contributed by atoms with van der Waals surface area (Å²) >= 11 is 0. The molecule has 0 aromatic carbocycles. The number of aliphatic hydroxyl groups excluding tert-OH is 1. The Bertz CT molecular complexity index is 647. The van der Waals surface area contributed by atoms with E-state index in [1.54, 1.807) is 12.1 Å². The summed E-state index contributed by atoms with van der Waals surface area (Å²) in [6.45, 7) is -0.201. The van der Waals surface area contributed by atoms with E-state index in [2.05, 4.69) is 9.72 Å². The van der Waals surface area contributed by atoms with Crippen LogP contribution in [0.5, 0.6) is 0 Å². The third-order valence-electron chi connectivity index (χ3n) is 2.66. The van der Waals surface area contributed by atoms with E-state index >= 15 is 0 Å². The molecule has 0 aliphatic rings. The number of hydrogen-bond donors (Lipinski definition) is 2. The third-order valence-corrected chi connectivity index (χ3v) is 2.66. The number of esters is 1. The first kappa shape index (κ1) is 13.0. The molecule has 2 rings (SSSR count). The molecule has 0 saturated heterocycles. The molecule has 2 aromatic rings. The van der Waals surface area contributed by atoms with Crippen LogP contribution in [0.2, 0.25) is 0 Å². The summed E-state index contributed by atoms with van der Waals surface area (Å²) in [7, 11) is 1.24. The van der Waals surface area contributed by atoms with Crippen LogP contribution < -0.4 is 0 Å². The van der Waals surface area contributed by atoms with Crippen LogP contribution in [0.3, 0.4) is 0 Å². The van der Waals surface area contributed by atoms with Gasteiger partial charge in [-0.25, -0.2) is 14.6 Å². The summed E-state index contributed by atoms with van der Waals surface area (Å²) in [6, 6.07) is 4.61. The van der Waals surface area contributed by atoms with E-state index in [4.69, 9.17) is 10.2 Å². The molecule has 0 radical (unpaired) electrons. The maximum Gasteiger partial charge on any atom is 0.356 e. The van der Waals surface area contributed by atoms with Crippen LogP contribution in [0.4, 0.5) is 0 Å². The number of aromatic carboxylic acids is 1. The third kappa shape index (κ3) is 2.15. The van der Waals surface area contributed by atoms with Crippen molar-refractivity contribution in [2.45, 2.75) is 6.42 Å². The maximum atomic E-state index is 11.7. The lowest BCUT2D eigenvalue weighted by Gasteiger charge is -2.06. The number of carboxylic acid groups (broad SMARTS) is 1. The molecule has 7 heteroatoms. The van der Waals surface area contributed by atoms with Gasteiger partial charge in [-0.1, -0.05) is 6.07 Å². The van der Waals surface area contributed by atoms with Gasteiger partial charge in [-0.05, 0) is 12.1 Å². The largest absolute Gasteiger partial charge is 0.476 e. The zero-order chi connectivity index (χ0) is 14.0. The Morgan fingerprint density at radius 3 is 2.74 bits per heavy atom. The van der Waals surface area contributed by atoms with Crippen molar-refractivity contribution in [1.29, 1.82) is 0 Å². The van der Waals surface area contributed by atoms with E-state index in [0.717, 1.165) is 0 Å². The van der Waals surface area contributed by atoms with Crippen LogP contribution in [0, 0.1) is 0 Å². The van der Waals surface area contributed by atoms with Gasteiger partial charge in [-0.15, -0.1) is 0 Å². The molecule has 0 aliphatic carbocycles. The zero-order valence-corrected chi connectivity index (χ0v) is 10.2. The van der Waals surface area contributed by atoms with E-state index in [1.165, 1.54) is 17.6 Å². The van der Waals surface area contributed by atoms with E-state index < -0.39 is 11.9 Å². The lowest BCUT2D eigenvalue weighted by Crippen LogP contribution is -2.10. The number of ether oxygens (including phenoxy) is 1. The number of fused-ring (bicyclic) bond motifs is 1. The Hall–Kier alpha value is -2.41. The molecule has 0 saturated carbocycles. The number of methoxy groups -OCH3 is 1. The fourth-order valence-electron chi connectivity index (χ4n) is 1.90. The second-order valence-corrected chi connectivity index (χ2v) is 3.78. The highest BCUT2D eigenvalue weighted by Crippen LogP contribution is 2.17. The van der Waals surface area contributed by atoms with Crippen molar-refractivity contribution < 1.29 is 24.5 Å². The van der Waals surface area contributed by atoms with Crippen LogP contribution in [0.25, 0.3) is 5.52 Å². The molecule has 0 bridgehead atoms. The van der Waals surface area contributed by atoms with Crippen LogP contribution in [0.15, 0.2) is 18.2 Å². The number of carboxylic acids is 1. The molecule has 2 heterocycles. The van der Waals surface area contributed by atoms with Crippen molar-refractivity contribution in [3.8, 4) is 0 Å². The highest BCUT2D eigenvalue weighted by molar-refractivity contribution is 5.96. The molecule has 0 unspecified atom stereocenters. The Morgan fingerprint density at radius 2 is 2.16 bits per heavy atom. The van der Waals surface area contributed by atoms with Crippen molar-refractivity contribution in [3.05, 3.63) is 35.4 Å². The lowest BCUT2D eigenvalue weighted by molar-refractivity contribution is 0.0590. The smallest absolute Gasteiger partial charge is 0.356 e. The van der Waals surface area contributed by atoms with Gasteiger partial charge in [-0.3, -0.25) is 4.40 Å². The lowest BCUT2D eigenvalue weighted by atomic mass is 10.3. The highest BCUT2D eigenvalue weighted by Gasteiger charge is 2.20. The molecule has 0 atom stereocenters. The molecule has 2 N–H and O–H groups in total.